The summed E-state index contributed by atoms with van der Waals surface area (Å²) >= 11 is 0. The van der Waals surface area contributed by atoms with Crippen LogP contribution in [0.2, 0.25) is 0 Å². The number of esters is 1. The molecule has 0 bridgehead atoms. The van der Waals surface area contributed by atoms with Crippen LogP contribution in [0.4, 0.5) is 11.4 Å². The maximum atomic E-state index is 11.5. The second kappa shape index (κ2) is 4.40. The van der Waals surface area contributed by atoms with E-state index in [0.29, 0.717) is 24.3 Å². The molecule has 1 aliphatic rings. The minimum atomic E-state index is -0.522. The number of hydrogen-bond acceptors (Lipinski definition) is 5. The third-order valence-corrected chi connectivity index (χ3v) is 2.66. The number of carbonyl (C=O) groups excluding carboxylic acids is 1. The van der Waals surface area contributed by atoms with Crippen LogP contribution in [0.5, 0.6) is 0 Å². The maximum absolute atomic E-state index is 11.5. The van der Waals surface area contributed by atoms with E-state index >= 15 is 0 Å². The molecule has 1 N–H and O–H groups in total. The molecule has 1 atom stereocenters. The first-order chi connectivity index (χ1) is 8.13. The number of ether oxygens (including phenoxy) is 1. The van der Waals surface area contributed by atoms with E-state index in [9.17, 15) is 14.9 Å². The molecule has 0 unspecified atom stereocenters. The summed E-state index contributed by atoms with van der Waals surface area (Å²) in [6, 6.07) is 4.23. The van der Waals surface area contributed by atoms with Crippen molar-refractivity contribution in [2.45, 2.75) is 19.4 Å². The first kappa shape index (κ1) is 11.4. The Labute approximate surface area is 97.7 Å². The van der Waals surface area contributed by atoms with Gasteiger partial charge in [0.2, 0.25) is 0 Å². The molecule has 0 aliphatic carbocycles. The standard InChI is InChI=1S/C11H12N2O4/c1-2-17-11(14)9-6-7-8(12-9)4-3-5-10(7)13(15)16/h3-5,9,12H,2,6H2,1H3/t9-/m1/s1. The molecule has 6 nitrogen and oxygen atoms in total. The Kier molecular flexibility index (Phi) is 2.95. The number of nitro groups is 1. The number of fused-ring (bicyclic) bond motifs is 1. The van der Waals surface area contributed by atoms with Crippen molar-refractivity contribution in [1.82, 2.24) is 0 Å². The lowest BCUT2D eigenvalue weighted by molar-refractivity contribution is -0.385. The van der Waals surface area contributed by atoms with Crippen molar-refractivity contribution in [2.24, 2.45) is 0 Å². The largest absolute Gasteiger partial charge is 0.464 e. The fourth-order valence-electron chi connectivity index (χ4n) is 1.92. The summed E-state index contributed by atoms with van der Waals surface area (Å²) in [6.07, 6.45) is 0.297. The molecular weight excluding hydrogens is 224 g/mol. The van der Waals surface area contributed by atoms with Gasteiger partial charge in [0.25, 0.3) is 5.69 Å². The van der Waals surface area contributed by atoms with E-state index in [1.165, 1.54) is 6.07 Å². The third kappa shape index (κ3) is 2.06. The predicted molar refractivity (Wildman–Crippen MR) is 60.8 cm³/mol. The third-order valence-electron chi connectivity index (χ3n) is 2.66. The SMILES string of the molecule is CCOC(=O)[C@H]1Cc2c(cccc2[N+](=O)[O-])N1. The van der Waals surface area contributed by atoms with Gasteiger partial charge in [-0.1, -0.05) is 6.07 Å². The summed E-state index contributed by atoms with van der Waals surface area (Å²) in [7, 11) is 0. The van der Waals surface area contributed by atoms with Gasteiger partial charge in [0.15, 0.2) is 0 Å². The Morgan fingerprint density at radius 3 is 3.06 bits per heavy atom. The van der Waals surface area contributed by atoms with Gasteiger partial charge < -0.3 is 10.1 Å². The fourth-order valence-corrected chi connectivity index (χ4v) is 1.92. The molecule has 0 aromatic heterocycles. The number of nitrogens with one attached hydrogen (secondary N) is 1. The van der Waals surface area contributed by atoms with Gasteiger partial charge in [-0.15, -0.1) is 0 Å². The van der Waals surface area contributed by atoms with Gasteiger partial charge in [0.05, 0.1) is 17.1 Å². The van der Waals surface area contributed by atoms with Gasteiger partial charge >= 0.3 is 5.97 Å². The summed E-state index contributed by atoms with van der Waals surface area (Å²) in [5, 5.41) is 13.8. The van der Waals surface area contributed by atoms with Crippen LogP contribution in [0, 0.1) is 10.1 Å². The van der Waals surface area contributed by atoms with Crippen molar-refractivity contribution < 1.29 is 14.5 Å². The lowest BCUT2D eigenvalue weighted by atomic mass is 10.1. The molecule has 1 aromatic rings. The summed E-state index contributed by atoms with van der Waals surface area (Å²) in [4.78, 5) is 21.9. The Morgan fingerprint density at radius 2 is 2.41 bits per heavy atom. The second-order valence-electron chi connectivity index (χ2n) is 3.71. The zero-order valence-electron chi connectivity index (χ0n) is 9.30. The molecular formula is C11H12N2O4. The number of anilines is 1. The van der Waals surface area contributed by atoms with E-state index in [4.69, 9.17) is 4.74 Å². The molecule has 90 valence electrons. The molecule has 2 rings (SSSR count). The molecule has 0 saturated carbocycles. The minimum absolute atomic E-state index is 0.0433. The van der Waals surface area contributed by atoms with E-state index < -0.39 is 11.0 Å². The summed E-state index contributed by atoms with van der Waals surface area (Å²) in [6.45, 7) is 2.03. The van der Waals surface area contributed by atoms with Gasteiger partial charge in [-0.3, -0.25) is 10.1 Å². The molecule has 17 heavy (non-hydrogen) atoms. The predicted octanol–water partition coefficient (Wildman–Crippen LogP) is 1.49. The number of carbonyl (C=O) groups is 1. The first-order valence-electron chi connectivity index (χ1n) is 5.33. The number of benzene rings is 1. The molecule has 1 aromatic carbocycles. The topological polar surface area (TPSA) is 81.5 Å². The fraction of sp³-hybridized carbons (Fsp3) is 0.364. The van der Waals surface area contributed by atoms with Gasteiger partial charge in [0, 0.05) is 18.2 Å². The Hall–Kier alpha value is -2.11. The van der Waals surface area contributed by atoms with E-state index in [0.717, 1.165) is 0 Å². The average Bonchev–Trinajstić information content (AvgIpc) is 2.72. The molecule has 0 spiro atoms. The lowest BCUT2D eigenvalue weighted by Gasteiger charge is -2.08. The van der Waals surface area contributed by atoms with Crippen LogP contribution in [0.25, 0.3) is 0 Å². The van der Waals surface area contributed by atoms with Crippen molar-refractivity contribution in [3.05, 3.63) is 33.9 Å². The van der Waals surface area contributed by atoms with Crippen LogP contribution in [0.3, 0.4) is 0 Å². The highest BCUT2D eigenvalue weighted by molar-refractivity contribution is 5.84. The molecule has 1 aliphatic heterocycles. The monoisotopic (exact) mass is 236 g/mol. The van der Waals surface area contributed by atoms with E-state index in [1.54, 1.807) is 19.1 Å². The van der Waals surface area contributed by atoms with Crippen LogP contribution in [-0.4, -0.2) is 23.5 Å². The molecule has 6 heteroatoms. The van der Waals surface area contributed by atoms with Crippen molar-refractivity contribution in [2.75, 3.05) is 11.9 Å². The molecule has 0 radical (unpaired) electrons. The molecule has 0 saturated heterocycles. The van der Waals surface area contributed by atoms with Crippen LogP contribution < -0.4 is 5.32 Å². The number of nitrogens with zero attached hydrogens (tertiary/aromatic N) is 1. The summed E-state index contributed by atoms with van der Waals surface area (Å²) in [5.41, 5.74) is 1.25. The van der Waals surface area contributed by atoms with Gasteiger partial charge in [-0.25, -0.2) is 4.79 Å². The quantitative estimate of drug-likeness (QED) is 0.488. The molecule has 0 amide bonds. The van der Waals surface area contributed by atoms with E-state index in [1.807, 2.05) is 0 Å². The van der Waals surface area contributed by atoms with Crippen molar-refractivity contribution >= 4 is 17.3 Å². The minimum Gasteiger partial charge on any atom is -0.464 e. The van der Waals surface area contributed by atoms with Crippen molar-refractivity contribution in [3.63, 3.8) is 0 Å². The highest BCUT2D eigenvalue weighted by Crippen LogP contribution is 2.33. The van der Waals surface area contributed by atoms with Crippen LogP contribution in [-0.2, 0) is 16.0 Å². The summed E-state index contributed by atoms with van der Waals surface area (Å²) in [5.74, 6) is -0.377. The average molecular weight is 236 g/mol. The van der Waals surface area contributed by atoms with E-state index in [2.05, 4.69) is 5.32 Å². The van der Waals surface area contributed by atoms with Crippen LogP contribution in [0.15, 0.2) is 18.2 Å². The van der Waals surface area contributed by atoms with Crippen LogP contribution in [0.1, 0.15) is 12.5 Å². The zero-order valence-corrected chi connectivity index (χ0v) is 9.30. The van der Waals surface area contributed by atoms with Crippen molar-refractivity contribution in [3.8, 4) is 0 Å². The van der Waals surface area contributed by atoms with Gasteiger partial charge in [-0.05, 0) is 13.0 Å². The Balaban J connectivity index is 2.24. The Morgan fingerprint density at radius 1 is 1.65 bits per heavy atom. The Bertz CT molecular complexity index is 473. The van der Waals surface area contributed by atoms with Crippen molar-refractivity contribution in [1.29, 1.82) is 0 Å². The van der Waals surface area contributed by atoms with E-state index in [-0.39, 0.29) is 11.7 Å². The normalized spacial score (nSPS) is 17.1. The smallest absolute Gasteiger partial charge is 0.328 e. The lowest BCUT2D eigenvalue weighted by Crippen LogP contribution is -2.29. The zero-order chi connectivity index (χ0) is 12.4. The summed E-state index contributed by atoms with van der Waals surface area (Å²) < 4.78 is 4.89. The van der Waals surface area contributed by atoms with Crippen LogP contribution >= 0.6 is 0 Å². The molecule has 0 fully saturated rings. The highest BCUT2D eigenvalue weighted by atomic mass is 16.6. The van der Waals surface area contributed by atoms with Gasteiger partial charge in [-0.2, -0.15) is 0 Å². The first-order valence-corrected chi connectivity index (χ1v) is 5.33. The second-order valence-corrected chi connectivity index (χ2v) is 3.71. The number of rotatable bonds is 3. The molecule has 1 heterocycles. The maximum Gasteiger partial charge on any atom is 0.328 e. The number of hydrogen-bond donors (Lipinski definition) is 1. The highest BCUT2D eigenvalue weighted by Gasteiger charge is 2.32. The van der Waals surface area contributed by atoms with Gasteiger partial charge in [0.1, 0.15) is 6.04 Å². The number of nitro benzene ring substituents is 1.